The van der Waals surface area contributed by atoms with Crippen molar-refractivity contribution in [3.8, 4) is 17.2 Å². The second kappa shape index (κ2) is 7.19. The summed E-state index contributed by atoms with van der Waals surface area (Å²) in [6.07, 6.45) is -0.879. The number of methoxy groups -OCH3 is 2. The third kappa shape index (κ3) is 3.65. The van der Waals surface area contributed by atoms with Crippen molar-refractivity contribution < 1.29 is 38.7 Å². The van der Waals surface area contributed by atoms with Crippen molar-refractivity contribution in [2.75, 3.05) is 20.8 Å². The molecule has 2 N–H and O–H groups in total. The molecule has 1 aromatic rings. The van der Waals surface area contributed by atoms with Crippen LogP contribution in [0.3, 0.4) is 0 Å². The van der Waals surface area contributed by atoms with Crippen LogP contribution in [0.25, 0.3) is 0 Å². The van der Waals surface area contributed by atoms with Crippen LogP contribution in [-0.4, -0.2) is 49.3 Å². The minimum atomic E-state index is -1.24. The predicted molar refractivity (Wildman–Crippen MR) is 77.0 cm³/mol. The Morgan fingerprint density at radius 2 is 2.04 bits per heavy atom. The topological polar surface area (TPSA) is 112 Å². The Morgan fingerprint density at radius 1 is 1.35 bits per heavy atom. The van der Waals surface area contributed by atoms with E-state index < -0.39 is 18.2 Å². The molecule has 1 heterocycles. The third-order valence-electron chi connectivity index (χ3n) is 3.35. The molecule has 23 heavy (non-hydrogen) atoms. The number of aliphatic carboxylic acids is 1. The highest BCUT2D eigenvalue weighted by Crippen LogP contribution is 2.44. The number of rotatable bonds is 7. The Balaban J connectivity index is 2.33. The lowest BCUT2D eigenvalue weighted by Gasteiger charge is -2.25. The van der Waals surface area contributed by atoms with Crippen LogP contribution in [0.15, 0.2) is 6.07 Å². The standard InChI is InChI=1S/C15H18O8/c1-20-13-8-7-12(18)23-15(19)9(8)6-10(14(13)21-2)22-5-3-4-11(16)17/h6,12,18H,3-5,7H2,1-2H3,(H,16,17). The average molecular weight is 326 g/mol. The van der Waals surface area contributed by atoms with Crippen LogP contribution in [0, 0.1) is 0 Å². The smallest absolute Gasteiger partial charge is 0.341 e. The van der Waals surface area contributed by atoms with E-state index in [2.05, 4.69) is 0 Å². The third-order valence-corrected chi connectivity index (χ3v) is 3.35. The van der Waals surface area contributed by atoms with E-state index in [1.807, 2.05) is 0 Å². The number of cyclic esters (lactones) is 1. The van der Waals surface area contributed by atoms with E-state index >= 15 is 0 Å². The maximum Gasteiger partial charge on any atom is 0.341 e. The molecule has 1 aliphatic rings. The summed E-state index contributed by atoms with van der Waals surface area (Å²) in [5.41, 5.74) is 0.701. The van der Waals surface area contributed by atoms with E-state index in [-0.39, 0.29) is 42.3 Å². The minimum Gasteiger partial charge on any atom is -0.492 e. The summed E-state index contributed by atoms with van der Waals surface area (Å²) < 4.78 is 20.9. The Bertz CT molecular complexity index is 610. The molecule has 2 rings (SSSR count). The maximum absolute atomic E-state index is 11.9. The number of ether oxygens (including phenoxy) is 4. The second-order valence-electron chi connectivity index (χ2n) is 4.88. The van der Waals surface area contributed by atoms with Crippen molar-refractivity contribution in [3.05, 3.63) is 17.2 Å². The number of carbonyl (C=O) groups is 2. The van der Waals surface area contributed by atoms with Gasteiger partial charge in [0.1, 0.15) is 0 Å². The quantitative estimate of drug-likeness (QED) is 0.563. The fourth-order valence-corrected chi connectivity index (χ4v) is 2.37. The van der Waals surface area contributed by atoms with Gasteiger partial charge in [0, 0.05) is 18.4 Å². The molecule has 0 radical (unpaired) electrons. The van der Waals surface area contributed by atoms with E-state index in [0.717, 1.165) is 0 Å². The Morgan fingerprint density at radius 3 is 2.65 bits per heavy atom. The number of aliphatic hydroxyl groups excluding tert-OH is 1. The lowest BCUT2D eigenvalue weighted by Crippen LogP contribution is -2.28. The van der Waals surface area contributed by atoms with Gasteiger partial charge in [0.25, 0.3) is 0 Å². The molecule has 0 aromatic heterocycles. The van der Waals surface area contributed by atoms with Crippen molar-refractivity contribution >= 4 is 11.9 Å². The maximum atomic E-state index is 11.9. The molecule has 0 fully saturated rings. The summed E-state index contributed by atoms with van der Waals surface area (Å²) in [5.74, 6) is -0.782. The molecular formula is C15H18O8. The number of carboxylic acids is 1. The number of hydrogen-bond acceptors (Lipinski definition) is 7. The molecule has 0 aliphatic carbocycles. The number of carboxylic acid groups (broad SMARTS) is 1. The molecule has 126 valence electrons. The van der Waals surface area contributed by atoms with Crippen LogP contribution in [0.4, 0.5) is 0 Å². The van der Waals surface area contributed by atoms with E-state index in [4.69, 9.17) is 24.1 Å². The van der Waals surface area contributed by atoms with Crippen LogP contribution < -0.4 is 14.2 Å². The van der Waals surface area contributed by atoms with Gasteiger partial charge in [-0.25, -0.2) is 4.79 Å². The number of benzene rings is 1. The lowest BCUT2D eigenvalue weighted by atomic mass is 9.99. The van der Waals surface area contributed by atoms with Gasteiger partial charge >= 0.3 is 11.9 Å². The van der Waals surface area contributed by atoms with Crippen LogP contribution in [0.2, 0.25) is 0 Å². The normalized spacial score (nSPS) is 16.3. The van der Waals surface area contributed by atoms with Crippen LogP contribution in [-0.2, 0) is 16.0 Å². The molecule has 0 spiro atoms. The molecule has 0 saturated heterocycles. The van der Waals surface area contributed by atoms with Gasteiger partial charge in [0.15, 0.2) is 11.5 Å². The van der Waals surface area contributed by atoms with Crippen molar-refractivity contribution in [1.82, 2.24) is 0 Å². The van der Waals surface area contributed by atoms with Crippen molar-refractivity contribution in [2.24, 2.45) is 0 Å². The Labute approximate surface area is 132 Å². The van der Waals surface area contributed by atoms with Gasteiger partial charge in [-0.2, -0.15) is 0 Å². The minimum absolute atomic E-state index is 0.0291. The number of carbonyl (C=O) groups excluding carboxylic acids is 1. The van der Waals surface area contributed by atoms with Gasteiger partial charge in [0.2, 0.25) is 12.0 Å². The SMILES string of the molecule is COc1c(OCCCC(=O)O)cc2c(c1OC)CC(O)OC2=O. The summed E-state index contributed by atoms with van der Waals surface area (Å²) in [7, 11) is 2.84. The molecule has 8 heteroatoms. The average Bonchev–Trinajstić information content (AvgIpc) is 2.50. The summed E-state index contributed by atoms with van der Waals surface area (Å²) in [4.78, 5) is 22.4. The number of esters is 1. The Kier molecular flexibility index (Phi) is 5.28. The first kappa shape index (κ1) is 16.9. The molecule has 8 nitrogen and oxygen atoms in total. The first-order chi connectivity index (χ1) is 11.0. The first-order valence-electron chi connectivity index (χ1n) is 6.99. The van der Waals surface area contributed by atoms with E-state index in [1.165, 1.54) is 20.3 Å². The highest BCUT2D eigenvalue weighted by molar-refractivity contribution is 5.94. The summed E-state index contributed by atoms with van der Waals surface area (Å²) in [6, 6.07) is 1.45. The molecule has 0 saturated carbocycles. The first-order valence-corrected chi connectivity index (χ1v) is 6.99. The van der Waals surface area contributed by atoms with Gasteiger partial charge in [-0.15, -0.1) is 0 Å². The van der Waals surface area contributed by atoms with Crippen molar-refractivity contribution in [1.29, 1.82) is 0 Å². The highest BCUT2D eigenvalue weighted by atomic mass is 16.6. The largest absolute Gasteiger partial charge is 0.492 e. The Hall–Kier alpha value is -2.48. The zero-order chi connectivity index (χ0) is 17.0. The van der Waals surface area contributed by atoms with Gasteiger partial charge in [-0.05, 0) is 12.5 Å². The number of aliphatic hydroxyl groups is 1. The molecule has 1 aliphatic heterocycles. The fraction of sp³-hybridized carbons (Fsp3) is 0.467. The van der Waals surface area contributed by atoms with Crippen molar-refractivity contribution in [2.45, 2.75) is 25.6 Å². The zero-order valence-corrected chi connectivity index (χ0v) is 12.8. The molecule has 1 aromatic carbocycles. The van der Waals surface area contributed by atoms with Gasteiger partial charge in [-0.1, -0.05) is 0 Å². The molecular weight excluding hydrogens is 308 g/mol. The molecule has 0 amide bonds. The number of hydrogen-bond donors (Lipinski definition) is 2. The molecule has 0 bridgehead atoms. The predicted octanol–water partition coefficient (Wildman–Crippen LogP) is 0.979. The molecule has 1 unspecified atom stereocenters. The molecule has 1 atom stereocenters. The van der Waals surface area contributed by atoms with Crippen LogP contribution >= 0.6 is 0 Å². The van der Waals surface area contributed by atoms with Gasteiger partial charge in [0.05, 0.1) is 26.4 Å². The van der Waals surface area contributed by atoms with E-state index in [9.17, 15) is 14.7 Å². The van der Waals surface area contributed by atoms with Crippen LogP contribution in [0.1, 0.15) is 28.8 Å². The van der Waals surface area contributed by atoms with E-state index in [0.29, 0.717) is 12.0 Å². The second-order valence-corrected chi connectivity index (χ2v) is 4.88. The summed E-state index contributed by atoms with van der Waals surface area (Å²) >= 11 is 0. The van der Waals surface area contributed by atoms with Crippen LogP contribution in [0.5, 0.6) is 17.2 Å². The monoisotopic (exact) mass is 326 g/mol. The van der Waals surface area contributed by atoms with Crippen molar-refractivity contribution in [3.63, 3.8) is 0 Å². The van der Waals surface area contributed by atoms with Gasteiger partial charge in [-0.3, -0.25) is 4.79 Å². The summed E-state index contributed by atoms with van der Waals surface area (Å²) in [6.45, 7) is 0.141. The fourth-order valence-electron chi connectivity index (χ4n) is 2.37. The highest BCUT2D eigenvalue weighted by Gasteiger charge is 2.32. The lowest BCUT2D eigenvalue weighted by molar-refractivity contribution is -0.137. The summed E-state index contributed by atoms with van der Waals surface area (Å²) in [5, 5.41) is 18.2. The zero-order valence-electron chi connectivity index (χ0n) is 12.8. The number of fused-ring (bicyclic) bond motifs is 1. The van der Waals surface area contributed by atoms with Gasteiger partial charge < -0.3 is 29.2 Å². The van der Waals surface area contributed by atoms with E-state index in [1.54, 1.807) is 0 Å².